The van der Waals surface area contributed by atoms with Crippen LogP contribution in [0.4, 0.5) is 5.69 Å². The van der Waals surface area contributed by atoms with Crippen molar-refractivity contribution >= 4 is 51.1 Å². The van der Waals surface area contributed by atoms with E-state index in [-0.39, 0.29) is 5.91 Å². The van der Waals surface area contributed by atoms with Gasteiger partial charge in [-0.3, -0.25) is 9.20 Å². The van der Waals surface area contributed by atoms with E-state index in [1.165, 1.54) is 0 Å². The standard InChI is InChI=1S/C27H29Cl2N5OS/c28-21-7-8-23(29)24(17-21)31-22-9-13-33(14-10-22)12-2-1-11-30-26(35)20-5-3-19(4-6-20)25-18-34-15-16-36-27(34)32-25/h3-8,15-18,22,31H,1-2,9-14H2,(H,30,35). The molecule has 5 rings (SSSR count). The topological polar surface area (TPSA) is 61.7 Å². The van der Waals surface area contributed by atoms with Gasteiger partial charge in [-0.1, -0.05) is 35.3 Å². The Hall–Kier alpha value is -2.58. The molecule has 0 saturated carbocycles. The van der Waals surface area contributed by atoms with Crippen LogP contribution in [0.15, 0.2) is 60.2 Å². The highest BCUT2D eigenvalue weighted by atomic mass is 35.5. The van der Waals surface area contributed by atoms with Gasteiger partial charge in [0.1, 0.15) is 0 Å². The van der Waals surface area contributed by atoms with Crippen LogP contribution in [0.2, 0.25) is 10.0 Å². The Morgan fingerprint density at radius 3 is 2.67 bits per heavy atom. The Balaban J connectivity index is 0.988. The summed E-state index contributed by atoms with van der Waals surface area (Å²) in [5.41, 5.74) is 3.52. The molecule has 0 aliphatic carbocycles. The molecule has 36 heavy (non-hydrogen) atoms. The summed E-state index contributed by atoms with van der Waals surface area (Å²) in [6, 6.07) is 13.6. The number of nitrogens with one attached hydrogen (secondary N) is 2. The van der Waals surface area contributed by atoms with Crippen LogP contribution >= 0.6 is 34.5 Å². The number of fused-ring (bicyclic) bond motifs is 1. The summed E-state index contributed by atoms with van der Waals surface area (Å²) in [4.78, 5) is 20.6. The average molecular weight is 543 g/mol. The predicted octanol–water partition coefficient (Wildman–Crippen LogP) is 6.46. The second kappa shape index (κ2) is 11.6. The second-order valence-corrected chi connectivity index (χ2v) is 10.9. The summed E-state index contributed by atoms with van der Waals surface area (Å²) in [6.07, 6.45) is 8.19. The van der Waals surface area contributed by atoms with Crippen molar-refractivity contribution in [3.05, 3.63) is 75.8 Å². The highest BCUT2D eigenvalue weighted by Crippen LogP contribution is 2.28. The van der Waals surface area contributed by atoms with Crippen molar-refractivity contribution in [1.29, 1.82) is 0 Å². The molecule has 1 aliphatic heterocycles. The summed E-state index contributed by atoms with van der Waals surface area (Å²) in [5, 5.41) is 10.00. The van der Waals surface area contributed by atoms with E-state index < -0.39 is 0 Å². The number of likely N-dealkylation sites (tertiary alicyclic amines) is 1. The molecule has 1 amide bonds. The molecule has 188 valence electrons. The molecule has 0 unspecified atom stereocenters. The van der Waals surface area contributed by atoms with Gasteiger partial charge in [-0.05, 0) is 62.6 Å². The summed E-state index contributed by atoms with van der Waals surface area (Å²) in [6.45, 7) is 3.85. The van der Waals surface area contributed by atoms with Gasteiger partial charge in [-0.2, -0.15) is 0 Å². The zero-order valence-corrected chi connectivity index (χ0v) is 22.3. The maximum atomic E-state index is 12.5. The van der Waals surface area contributed by atoms with Gasteiger partial charge in [0.05, 0.1) is 16.4 Å². The van der Waals surface area contributed by atoms with Crippen molar-refractivity contribution in [1.82, 2.24) is 19.6 Å². The lowest BCUT2D eigenvalue weighted by atomic mass is 10.0. The predicted molar refractivity (Wildman–Crippen MR) is 150 cm³/mol. The minimum Gasteiger partial charge on any atom is -0.381 e. The van der Waals surface area contributed by atoms with E-state index in [1.807, 2.05) is 58.6 Å². The number of carbonyl (C=O) groups excluding carboxylic acids is 1. The van der Waals surface area contributed by atoms with Crippen LogP contribution in [0.5, 0.6) is 0 Å². The number of hydrogen-bond donors (Lipinski definition) is 2. The van der Waals surface area contributed by atoms with Crippen LogP contribution < -0.4 is 10.6 Å². The lowest BCUT2D eigenvalue weighted by Crippen LogP contribution is -2.39. The normalized spacial score (nSPS) is 14.8. The van der Waals surface area contributed by atoms with Crippen molar-refractivity contribution in [3.8, 4) is 11.3 Å². The van der Waals surface area contributed by atoms with Crippen molar-refractivity contribution in [2.45, 2.75) is 31.7 Å². The van der Waals surface area contributed by atoms with Gasteiger partial charge in [0, 0.05) is 59.6 Å². The van der Waals surface area contributed by atoms with Gasteiger partial charge in [0.15, 0.2) is 4.96 Å². The number of anilines is 1. The van der Waals surface area contributed by atoms with Gasteiger partial charge in [-0.25, -0.2) is 4.98 Å². The third-order valence-corrected chi connectivity index (χ3v) is 7.93. The van der Waals surface area contributed by atoms with Crippen molar-refractivity contribution in [2.75, 3.05) is 31.5 Å². The first-order valence-electron chi connectivity index (χ1n) is 12.3. The molecule has 4 aromatic rings. The van der Waals surface area contributed by atoms with Crippen LogP contribution in [0, 0.1) is 0 Å². The zero-order valence-electron chi connectivity index (χ0n) is 19.9. The first kappa shape index (κ1) is 25.1. The molecular formula is C27H29Cl2N5OS. The van der Waals surface area contributed by atoms with E-state index in [0.717, 1.165) is 67.2 Å². The van der Waals surface area contributed by atoms with E-state index in [2.05, 4.69) is 20.5 Å². The summed E-state index contributed by atoms with van der Waals surface area (Å²) in [7, 11) is 0. The minimum atomic E-state index is -0.0288. The molecule has 6 nitrogen and oxygen atoms in total. The number of thiazole rings is 1. The second-order valence-electron chi connectivity index (χ2n) is 9.14. The number of carbonyl (C=O) groups is 1. The average Bonchev–Trinajstić information content (AvgIpc) is 3.50. The number of amides is 1. The van der Waals surface area contributed by atoms with Crippen molar-refractivity contribution in [3.63, 3.8) is 0 Å². The molecule has 2 aromatic heterocycles. The fourth-order valence-corrected chi connectivity index (χ4v) is 5.60. The fourth-order valence-electron chi connectivity index (χ4n) is 4.55. The lowest BCUT2D eigenvalue weighted by molar-refractivity contribution is 0.0952. The Bertz CT molecular complexity index is 1280. The first-order valence-corrected chi connectivity index (χ1v) is 13.9. The van der Waals surface area contributed by atoms with E-state index in [4.69, 9.17) is 23.2 Å². The van der Waals surface area contributed by atoms with Crippen LogP contribution in [0.25, 0.3) is 16.2 Å². The molecule has 9 heteroatoms. The number of benzene rings is 2. The van der Waals surface area contributed by atoms with Crippen molar-refractivity contribution < 1.29 is 4.79 Å². The number of rotatable bonds is 9. The van der Waals surface area contributed by atoms with Gasteiger partial charge < -0.3 is 15.5 Å². The smallest absolute Gasteiger partial charge is 0.251 e. The quantitative estimate of drug-likeness (QED) is 0.239. The van der Waals surface area contributed by atoms with E-state index >= 15 is 0 Å². The fraction of sp³-hybridized carbons (Fsp3) is 0.333. The largest absolute Gasteiger partial charge is 0.381 e. The Labute approximate surface area is 225 Å². The molecule has 0 atom stereocenters. The number of imidazole rings is 1. The zero-order chi connectivity index (χ0) is 24.9. The Morgan fingerprint density at radius 2 is 1.89 bits per heavy atom. The molecule has 2 N–H and O–H groups in total. The van der Waals surface area contributed by atoms with Crippen LogP contribution in [-0.2, 0) is 0 Å². The third kappa shape index (κ3) is 6.21. The number of piperidine rings is 1. The highest BCUT2D eigenvalue weighted by Gasteiger charge is 2.19. The number of nitrogens with zero attached hydrogens (tertiary/aromatic N) is 3. The van der Waals surface area contributed by atoms with Crippen LogP contribution in [-0.4, -0.2) is 52.4 Å². The number of hydrogen-bond acceptors (Lipinski definition) is 5. The van der Waals surface area contributed by atoms with Crippen LogP contribution in [0.1, 0.15) is 36.0 Å². The van der Waals surface area contributed by atoms with E-state index in [9.17, 15) is 4.79 Å². The maximum absolute atomic E-state index is 12.5. The minimum absolute atomic E-state index is 0.0288. The molecule has 0 bridgehead atoms. The molecule has 1 aliphatic rings. The van der Waals surface area contributed by atoms with E-state index in [1.54, 1.807) is 17.4 Å². The SMILES string of the molecule is O=C(NCCCCN1CCC(Nc2cc(Cl)ccc2Cl)CC1)c1ccc(-c2cn3ccsc3n2)cc1. The maximum Gasteiger partial charge on any atom is 0.251 e. The summed E-state index contributed by atoms with van der Waals surface area (Å²) >= 11 is 14.0. The molecular weight excluding hydrogens is 513 g/mol. The molecule has 2 aromatic carbocycles. The summed E-state index contributed by atoms with van der Waals surface area (Å²) in [5.74, 6) is -0.0288. The number of aromatic nitrogens is 2. The van der Waals surface area contributed by atoms with E-state index in [0.29, 0.717) is 28.2 Å². The number of halogens is 2. The first-order chi connectivity index (χ1) is 17.5. The summed E-state index contributed by atoms with van der Waals surface area (Å²) < 4.78 is 2.01. The van der Waals surface area contributed by atoms with Crippen LogP contribution in [0.3, 0.4) is 0 Å². The molecule has 3 heterocycles. The highest BCUT2D eigenvalue weighted by molar-refractivity contribution is 7.15. The third-order valence-electron chi connectivity index (χ3n) is 6.60. The van der Waals surface area contributed by atoms with Gasteiger partial charge in [0.2, 0.25) is 0 Å². The van der Waals surface area contributed by atoms with Gasteiger partial charge >= 0.3 is 0 Å². The van der Waals surface area contributed by atoms with Gasteiger partial charge in [-0.15, -0.1) is 11.3 Å². The molecule has 0 spiro atoms. The number of unbranched alkanes of at least 4 members (excludes halogenated alkanes) is 1. The molecule has 0 radical (unpaired) electrons. The Kier molecular flexibility index (Phi) is 8.12. The monoisotopic (exact) mass is 541 g/mol. The lowest BCUT2D eigenvalue weighted by Gasteiger charge is -2.33. The van der Waals surface area contributed by atoms with Crippen molar-refractivity contribution in [2.24, 2.45) is 0 Å². The van der Waals surface area contributed by atoms with Gasteiger partial charge in [0.25, 0.3) is 5.91 Å². The Morgan fingerprint density at radius 1 is 1.08 bits per heavy atom. The molecule has 1 fully saturated rings. The molecule has 1 saturated heterocycles.